The van der Waals surface area contributed by atoms with Crippen LogP contribution in [-0.4, -0.2) is 35.4 Å². The Kier molecular flexibility index (Phi) is 6.09. The molecule has 0 aliphatic carbocycles. The van der Waals surface area contributed by atoms with Gasteiger partial charge in [-0.05, 0) is 35.2 Å². The maximum absolute atomic E-state index is 12.8. The summed E-state index contributed by atoms with van der Waals surface area (Å²) in [6.07, 6.45) is 1.35. The Hall–Kier alpha value is -3.19. The number of ether oxygens (including phenoxy) is 1. The van der Waals surface area contributed by atoms with Crippen LogP contribution >= 0.6 is 11.3 Å². The Morgan fingerprint density at radius 3 is 2.77 bits per heavy atom. The summed E-state index contributed by atoms with van der Waals surface area (Å²) in [4.78, 5) is 31.2. The third-order valence-electron chi connectivity index (χ3n) is 5.12. The molecule has 0 atom stereocenters. The zero-order valence-corrected chi connectivity index (χ0v) is 17.6. The van der Waals surface area contributed by atoms with Gasteiger partial charge in [-0.25, -0.2) is 4.98 Å². The van der Waals surface area contributed by atoms with E-state index in [0.29, 0.717) is 30.3 Å². The van der Waals surface area contributed by atoms with Gasteiger partial charge in [-0.3, -0.25) is 9.59 Å². The molecule has 0 unspecified atom stereocenters. The summed E-state index contributed by atoms with van der Waals surface area (Å²) in [5.74, 6) is 0.776. The Labute approximate surface area is 179 Å². The molecule has 7 heteroatoms. The van der Waals surface area contributed by atoms with Crippen LogP contribution in [0.2, 0.25) is 0 Å². The molecule has 4 rings (SSSR count). The second kappa shape index (κ2) is 9.09. The number of nitrogens with one attached hydrogen (secondary N) is 1. The van der Waals surface area contributed by atoms with E-state index in [2.05, 4.69) is 10.3 Å². The number of fused-ring (bicyclic) bond motifs is 1. The summed E-state index contributed by atoms with van der Waals surface area (Å²) in [6, 6.07) is 15.6. The number of carbonyl (C=O) groups is 2. The van der Waals surface area contributed by atoms with E-state index in [9.17, 15) is 9.59 Å². The molecule has 1 aliphatic rings. The average molecular weight is 422 g/mol. The van der Waals surface area contributed by atoms with Gasteiger partial charge in [0.25, 0.3) is 0 Å². The van der Waals surface area contributed by atoms with Crippen LogP contribution in [0.3, 0.4) is 0 Å². The number of carbonyl (C=O) groups excluding carboxylic acids is 2. The highest BCUT2D eigenvalue weighted by atomic mass is 32.1. The van der Waals surface area contributed by atoms with E-state index < -0.39 is 0 Å². The predicted octanol–water partition coefficient (Wildman–Crippen LogP) is 3.46. The Bertz CT molecular complexity index is 1050. The minimum absolute atomic E-state index is 0.0453. The number of amides is 2. The van der Waals surface area contributed by atoms with E-state index in [-0.39, 0.29) is 18.2 Å². The maximum atomic E-state index is 12.8. The van der Waals surface area contributed by atoms with Crippen LogP contribution in [-0.2, 0) is 35.4 Å². The van der Waals surface area contributed by atoms with Gasteiger partial charge >= 0.3 is 0 Å². The van der Waals surface area contributed by atoms with Crippen molar-refractivity contribution in [2.75, 3.05) is 19.0 Å². The van der Waals surface area contributed by atoms with Crippen molar-refractivity contribution in [1.82, 2.24) is 9.88 Å². The highest BCUT2D eigenvalue weighted by Crippen LogP contribution is 2.24. The lowest BCUT2D eigenvalue weighted by Gasteiger charge is -2.29. The molecule has 1 aromatic heterocycles. The first kappa shape index (κ1) is 20.1. The molecule has 154 valence electrons. The topological polar surface area (TPSA) is 71.5 Å². The van der Waals surface area contributed by atoms with E-state index in [1.807, 2.05) is 58.8 Å². The Morgan fingerprint density at radius 2 is 1.97 bits per heavy atom. The molecular formula is C23H23N3O3S. The molecule has 2 aromatic carbocycles. The lowest BCUT2D eigenvalue weighted by atomic mass is 9.99. The van der Waals surface area contributed by atoms with Crippen LogP contribution in [0.1, 0.15) is 22.4 Å². The third kappa shape index (κ3) is 4.86. The van der Waals surface area contributed by atoms with Gasteiger partial charge in [0.1, 0.15) is 5.75 Å². The number of aromatic nitrogens is 1. The fourth-order valence-corrected chi connectivity index (χ4v) is 4.25. The summed E-state index contributed by atoms with van der Waals surface area (Å²) < 4.78 is 5.28. The predicted molar refractivity (Wildman–Crippen MR) is 117 cm³/mol. The van der Waals surface area contributed by atoms with Crippen molar-refractivity contribution in [2.24, 2.45) is 0 Å². The monoisotopic (exact) mass is 421 g/mol. The fraction of sp³-hybridized carbons (Fsp3) is 0.261. The molecule has 1 N–H and O–H groups in total. The van der Waals surface area contributed by atoms with Crippen LogP contribution in [0, 0.1) is 0 Å². The number of methoxy groups -OCH3 is 1. The van der Waals surface area contributed by atoms with E-state index in [0.717, 1.165) is 23.3 Å². The smallest absolute Gasteiger partial charge is 0.230 e. The summed E-state index contributed by atoms with van der Waals surface area (Å²) in [7, 11) is 1.66. The normalized spacial score (nSPS) is 12.9. The molecule has 0 radical (unpaired) electrons. The molecule has 3 aromatic rings. The molecule has 0 spiro atoms. The van der Waals surface area contributed by atoms with Crippen molar-refractivity contribution in [3.05, 3.63) is 76.3 Å². The van der Waals surface area contributed by atoms with Crippen LogP contribution in [0.25, 0.3) is 0 Å². The van der Waals surface area contributed by atoms with Crippen molar-refractivity contribution in [3.8, 4) is 5.75 Å². The van der Waals surface area contributed by atoms with E-state index >= 15 is 0 Å². The molecule has 2 heterocycles. The highest BCUT2D eigenvalue weighted by Gasteiger charge is 2.22. The van der Waals surface area contributed by atoms with Gasteiger partial charge in [0.05, 0.1) is 25.6 Å². The summed E-state index contributed by atoms with van der Waals surface area (Å²) in [6.45, 7) is 1.28. The fourth-order valence-electron chi connectivity index (χ4n) is 3.53. The van der Waals surface area contributed by atoms with E-state index in [1.54, 1.807) is 7.11 Å². The van der Waals surface area contributed by atoms with Crippen molar-refractivity contribution in [3.63, 3.8) is 0 Å². The average Bonchev–Trinajstić information content (AvgIpc) is 3.20. The zero-order valence-electron chi connectivity index (χ0n) is 16.8. The largest absolute Gasteiger partial charge is 0.497 e. The molecule has 2 amide bonds. The Morgan fingerprint density at radius 1 is 1.13 bits per heavy atom. The minimum atomic E-state index is -0.114. The molecule has 0 fully saturated rings. The van der Waals surface area contributed by atoms with Gasteiger partial charge in [-0.2, -0.15) is 0 Å². The lowest BCUT2D eigenvalue weighted by Crippen LogP contribution is -2.37. The van der Waals surface area contributed by atoms with Crippen molar-refractivity contribution in [1.29, 1.82) is 0 Å². The zero-order chi connectivity index (χ0) is 20.9. The summed E-state index contributed by atoms with van der Waals surface area (Å²) in [5.41, 5.74) is 4.02. The number of hydrogen-bond donors (Lipinski definition) is 1. The molecular weight excluding hydrogens is 398 g/mol. The first-order valence-electron chi connectivity index (χ1n) is 9.82. The highest BCUT2D eigenvalue weighted by molar-refractivity contribution is 7.13. The molecule has 1 aliphatic heterocycles. The quantitative estimate of drug-likeness (QED) is 0.662. The van der Waals surface area contributed by atoms with E-state index in [1.165, 1.54) is 16.9 Å². The van der Waals surface area contributed by atoms with Crippen molar-refractivity contribution in [2.45, 2.75) is 25.8 Å². The van der Waals surface area contributed by atoms with Crippen LogP contribution in [0.4, 0.5) is 5.13 Å². The standard InChI is InChI=1S/C23H23N3O3S/c1-29-20-8-7-18-14-26(10-9-17(18)12-20)22(28)13-19-15-30-23(24-19)25-21(27)11-16-5-3-2-4-6-16/h2-8,12,15H,9-11,13-14H2,1H3,(H,24,25,27). The number of rotatable bonds is 6. The second-order valence-corrected chi connectivity index (χ2v) is 8.09. The van der Waals surface area contributed by atoms with Crippen LogP contribution in [0.5, 0.6) is 5.75 Å². The third-order valence-corrected chi connectivity index (χ3v) is 5.92. The SMILES string of the molecule is COc1ccc2c(c1)CCN(C(=O)Cc1csc(NC(=O)Cc3ccccc3)n1)C2. The Balaban J connectivity index is 1.32. The number of thiazole rings is 1. The van der Waals surface area contributed by atoms with E-state index in [4.69, 9.17) is 4.74 Å². The van der Waals surface area contributed by atoms with Gasteiger partial charge in [0, 0.05) is 18.5 Å². The van der Waals surface area contributed by atoms with Gasteiger partial charge in [-0.1, -0.05) is 36.4 Å². The molecule has 30 heavy (non-hydrogen) atoms. The van der Waals surface area contributed by atoms with Gasteiger partial charge in [0.15, 0.2) is 5.13 Å². The number of benzene rings is 2. The van der Waals surface area contributed by atoms with Gasteiger partial charge < -0.3 is 15.0 Å². The second-order valence-electron chi connectivity index (χ2n) is 7.23. The number of nitrogens with zero attached hydrogens (tertiary/aromatic N) is 2. The molecule has 6 nitrogen and oxygen atoms in total. The van der Waals surface area contributed by atoms with Gasteiger partial charge in [-0.15, -0.1) is 11.3 Å². The maximum Gasteiger partial charge on any atom is 0.230 e. The summed E-state index contributed by atoms with van der Waals surface area (Å²) >= 11 is 1.34. The molecule has 0 bridgehead atoms. The number of hydrogen-bond acceptors (Lipinski definition) is 5. The number of anilines is 1. The minimum Gasteiger partial charge on any atom is -0.497 e. The first-order chi connectivity index (χ1) is 14.6. The lowest BCUT2D eigenvalue weighted by molar-refractivity contribution is -0.131. The van der Waals surface area contributed by atoms with Crippen molar-refractivity contribution < 1.29 is 14.3 Å². The van der Waals surface area contributed by atoms with Crippen molar-refractivity contribution >= 4 is 28.3 Å². The van der Waals surface area contributed by atoms with Crippen LogP contribution < -0.4 is 10.1 Å². The first-order valence-corrected chi connectivity index (χ1v) is 10.7. The molecule has 0 saturated heterocycles. The molecule has 0 saturated carbocycles. The summed E-state index contributed by atoms with van der Waals surface area (Å²) in [5, 5.41) is 5.17. The van der Waals surface area contributed by atoms with Gasteiger partial charge in [0.2, 0.25) is 11.8 Å². The van der Waals surface area contributed by atoms with Crippen LogP contribution in [0.15, 0.2) is 53.9 Å².